The largest absolute Gasteiger partial charge is 0.480 e. The lowest BCUT2D eigenvalue weighted by Crippen LogP contribution is -2.46. The van der Waals surface area contributed by atoms with Gasteiger partial charge in [0.1, 0.15) is 5.54 Å². The summed E-state index contributed by atoms with van der Waals surface area (Å²) in [5.41, 5.74) is 13.1. The highest BCUT2D eigenvalue weighted by Gasteiger charge is 2.28. The van der Waals surface area contributed by atoms with Crippen LogP contribution in [-0.4, -0.2) is 31.6 Å². The number of nitrogens with one attached hydrogen (secondary N) is 1. The van der Waals surface area contributed by atoms with Crippen molar-refractivity contribution in [1.82, 2.24) is 15.0 Å². The normalized spacial score (nSPS) is 13.9. The number of fused-ring (bicyclic) bond motifs is 1. The minimum atomic E-state index is -1.34. The van der Waals surface area contributed by atoms with Crippen molar-refractivity contribution in [3.8, 4) is 11.4 Å². The molecule has 3 aromatic carbocycles. The Balaban J connectivity index is 1.54. The highest BCUT2D eigenvalue weighted by atomic mass is 16.4. The third-order valence-electron chi connectivity index (χ3n) is 5.54. The monoisotopic (exact) mass is 442 g/mol. The summed E-state index contributed by atoms with van der Waals surface area (Å²) in [6.45, 7) is 3.52. The van der Waals surface area contributed by atoms with Crippen LogP contribution < -0.4 is 16.8 Å². The highest BCUT2D eigenvalue weighted by Crippen LogP contribution is 2.24. The van der Waals surface area contributed by atoms with E-state index in [9.17, 15) is 9.90 Å². The van der Waals surface area contributed by atoms with Crippen LogP contribution in [0, 0.1) is 0 Å². The number of carboxylic acids is 1. The summed E-state index contributed by atoms with van der Waals surface area (Å²) in [6, 6.07) is 21.7. The van der Waals surface area contributed by atoms with Crippen LogP contribution in [0.5, 0.6) is 0 Å². The number of nitrogen functional groups attached to an aromatic ring is 1. The zero-order valence-electron chi connectivity index (χ0n) is 18.5. The summed E-state index contributed by atoms with van der Waals surface area (Å²) in [7, 11) is 0. The molecule has 8 heteroatoms. The van der Waals surface area contributed by atoms with Gasteiger partial charge in [-0.1, -0.05) is 60.7 Å². The number of aliphatic carboxylic acids is 1. The van der Waals surface area contributed by atoms with Crippen LogP contribution in [0.4, 0.5) is 11.9 Å². The van der Waals surface area contributed by atoms with Crippen molar-refractivity contribution in [2.24, 2.45) is 5.73 Å². The predicted molar refractivity (Wildman–Crippen MR) is 130 cm³/mol. The molecule has 6 N–H and O–H groups in total. The zero-order valence-corrected chi connectivity index (χ0v) is 18.5. The Labute approximate surface area is 191 Å². The Hall–Kier alpha value is -4.04. The van der Waals surface area contributed by atoms with Gasteiger partial charge in [0.15, 0.2) is 5.82 Å². The molecule has 2 atom stereocenters. The van der Waals surface area contributed by atoms with Crippen LogP contribution in [0.3, 0.4) is 0 Å². The number of benzene rings is 3. The van der Waals surface area contributed by atoms with Crippen molar-refractivity contribution in [1.29, 1.82) is 0 Å². The van der Waals surface area contributed by atoms with Gasteiger partial charge in [-0.15, -0.1) is 0 Å². The molecule has 168 valence electrons. The molecule has 0 amide bonds. The van der Waals surface area contributed by atoms with Crippen LogP contribution in [-0.2, 0) is 11.2 Å². The van der Waals surface area contributed by atoms with Crippen molar-refractivity contribution < 1.29 is 9.90 Å². The van der Waals surface area contributed by atoms with Crippen molar-refractivity contribution in [3.05, 3.63) is 77.9 Å². The maximum atomic E-state index is 11.3. The van der Waals surface area contributed by atoms with E-state index >= 15 is 0 Å². The molecule has 1 heterocycles. The number of nitrogens with two attached hydrogens (primary N) is 2. The summed E-state index contributed by atoms with van der Waals surface area (Å²) in [4.78, 5) is 24.3. The van der Waals surface area contributed by atoms with E-state index in [1.807, 2.05) is 43.3 Å². The maximum absolute atomic E-state index is 11.3. The number of nitrogens with zero attached hydrogens (tertiary/aromatic N) is 3. The molecular weight excluding hydrogens is 416 g/mol. The topological polar surface area (TPSA) is 140 Å². The molecule has 0 radical (unpaired) electrons. The Morgan fingerprint density at radius 3 is 2.42 bits per heavy atom. The van der Waals surface area contributed by atoms with Crippen molar-refractivity contribution >= 4 is 28.6 Å². The molecule has 0 saturated heterocycles. The second-order valence-corrected chi connectivity index (χ2v) is 8.41. The molecule has 8 nitrogen and oxygen atoms in total. The van der Waals surface area contributed by atoms with Gasteiger partial charge in [0.05, 0.1) is 6.04 Å². The first-order chi connectivity index (χ1) is 15.7. The molecular formula is C25H26N6O2. The van der Waals surface area contributed by atoms with Crippen LogP contribution in [0.1, 0.15) is 31.0 Å². The summed E-state index contributed by atoms with van der Waals surface area (Å²) in [6.07, 6.45) is 0.206. The van der Waals surface area contributed by atoms with Gasteiger partial charge < -0.3 is 21.9 Å². The Morgan fingerprint density at radius 2 is 1.73 bits per heavy atom. The van der Waals surface area contributed by atoms with Crippen molar-refractivity contribution in [2.45, 2.75) is 31.8 Å². The van der Waals surface area contributed by atoms with E-state index in [0.29, 0.717) is 11.8 Å². The second kappa shape index (κ2) is 8.84. The van der Waals surface area contributed by atoms with Crippen LogP contribution in [0.15, 0.2) is 66.7 Å². The second-order valence-electron chi connectivity index (χ2n) is 8.41. The van der Waals surface area contributed by atoms with E-state index in [1.165, 1.54) is 12.3 Å². The smallest absolute Gasteiger partial charge is 0.323 e. The van der Waals surface area contributed by atoms with Crippen LogP contribution in [0.2, 0.25) is 0 Å². The third-order valence-corrected chi connectivity index (χ3v) is 5.54. The minimum absolute atomic E-state index is 0.0510. The molecule has 0 saturated carbocycles. The lowest BCUT2D eigenvalue weighted by atomic mass is 9.93. The summed E-state index contributed by atoms with van der Waals surface area (Å²) < 4.78 is 0. The van der Waals surface area contributed by atoms with Crippen molar-refractivity contribution in [2.75, 3.05) is 11.1 Å². The Bertz CT molecular complexity index is 1300. The van der Waals surface area contributed by atoms with Gasteiger partial charge >= 0.3 is 5.97 Å². The fourth-order valence-electron chi connectivity index (χ4n) is 3.61. The fourth-order valence-corrected chi connectivity index (χ4v) is 3.61. The van der Waals surface area contributed by atoms with E-state index in [2.05, 4.69) is 50.6 Å². The number of anilines is 2. The predicted octanol–water partition coefficient (Wildman–Crippen LogP) is 3.79. The molecule has 0 aliphatic carbocycles. The first kappa shape index (κ1) is 22.2. The molecule has 0 fully saturated rings. The molecule has 1 aromatic heterocycles. The van der Waals surface area contributed by atoms with Gasteiger partial charge in [0, 0.05) is 12.0 Å². The molecule has 33 heavy (non-hydrogen) atoms. The van der Waals surface area contributed by atoms with Crippen LogP contribution in [0.25, 0.3) is 22.2 Å². The van der Waals surface area contributed by atoms with Gasteiger partial charge in [-0.3, -0.25) is 4.79 Å². The van der Waals surface area contributed by atoms with E-state index in [0.717, 1.165) is 22.1 Å². The Kier molecular flexibility index (Phi) is 5.93. The summed E-state index contributed by atoms with van der Waals surface area (Å²) >= 11 is 0. The molecule has 1 unspecified atom stereocenters. The van der Waals surface area contributed by atoms with Gasteiger partial charge in [-0.05, 0) is 41.8 Å². The first-order valence-electron chi connectivity index (χ1n) is 10.6. The fraction of sp³-hybridized carbons (Fsp3) is 0.200. The quantitative estimate of drug-likeness (QED) is 0.339. The van der Waals surface area contributed by atoms with E-state index < -0.39 is 11.5 Å². The van der Waals surface area contributed by atoms with Gasteiger partial charge in [-0.2, -0.15) is 15.0 Å². The standard InChI is InChI=1S/C25H26N6O2/c1-15(19-12-11-17-5-3-4-6-20(17)13-19)28-24-30-21(29-23(26)31-24)18-9-7-16(8-10-18)14-25(2,27)22(32)33/h3-13,15H,14,27H2,1-2H3,(H,32,33)(H3,26,28,29,30,31)/t15-,25?/m1/s1. The molecule has 0 aliphatic heterocycles. The molecule has 0 bridgehead atoms. The average molecular weight is 443 g/mol. The van der Waals surface area contributed by atoms with Gasteiger partial charge in [-0.25, -0.2) is 0 Å². The number of rotatable bonds is 7. The number of hydrogen-bond acceptors (Lipinski definition) is 7. The van der Waals surface area contributed by atoms with E-state index in [4.69, 9.17) is 11.5 Å². The molecule has 4 aromatic rings. The summed E-state index contributed by atoms with van der Waals surface area (Å²) in [5.74, 6) is -0.135. The number of aromatic nitrogens is 3. The van der Waals surface area contributed by atoms with Gasteiger partial charge in [0.2, 0.25) is 11.9 Å². The van der Waals surface area contributed by atoms with E-state index in [-0.39, 0.29) is 18.4 Å². The van der Waals surface area contributed by atoms with Gasteiger partial charge in [0.25, 0.3) is 0 Å². The maximum Gasteiger partial charge on any atom is 0.323 e. The third kappa shape index (κ3) is 5.07. The van der Waals surface area contributed by atoms with Crippen LogP contribution >= 0.6 is 0 Å². The molecule has 0 spiro atoms. The number of carbonyl (C=O) groups is 1. The first-order valence-corrected chi connectivity index (χ1v) is 10.6. The SMILES string of the molecule is C[C@@H](Nc1nc(N)nc(-c2ccc(CC(C)(N)C(=O)O)cc2)n1)c1ccc2ccccc2c1. The molecule has 4 rings (SSSR count). The highest BCUT2D eigenvalue weighted by molar-refractivity contribution is 5.83. The molecule has 0 aliphatic rings. The average Bonchev–Trinajstić information content (AvgIpc) is 2.78. The summed E-state index contributed by atoms with van der Waals surface area (Å²) in [5, 5.41) is 14.9. The lowest BCUT2D eigenvalue weighted by molar-refractivity contribution is -0.142. The zero-order chi connectivity index (χ0) is 23.6. The Morgan fingerprint density at radius 1 is 1.03 bits per heavy atom. The number of hydrogen-bond donors (Lipinski definition) is 4. The minimum Gasteiger partial charge on any atom is -0.480 e. The lowest BCUT2D eigenvalue weighted by Gasteiger charge is -2.19. The number of carboxylic acid groups (broad SMARTS) is 1. The van der Waals surface area contributed by atoms with Crippen molar-refractivity contribution in [3.63, 3.8) is 0 Å². The van der Waals surface area contributed by atoms with E-state index in [1.54, 1.807) is 0 Å².